The summed E-state index contributed by atoms with van der Waals surface area (Å²) in [6.07, 6.45) is 1.58. The highest BCUT2D eigenvalue weighted by atomic mass is 35.5. The first-order valence-electron chi connectivity index (χ1n) is 12.5. The highest BCUT2D eigenvalue weighted by Crippen LogP contribution is 2.34. The Hall–Kier alpha value is -5.16. The van der Waals surface area contributed by atoms with Gasteiger partial charge in [0.2, 0.25) is 5.43 Å². The van der Waals surface area contributed by atoms with Crippen molar-refractivity contribution in [2.75, 3.05) is 5.32 Å². The maximum atomic E-state index is 13.3. The molecule has 0 unspecified atom stereocenters. The van der Waals surface area contributed by atoms with Crippen LogP contribution in [0.3, 0.4) is 0 Å². The third-order valence-corrected chi connectivity index (χ3v) is 6.91. The van der Waals surface area contributed by atoms with Gasteiger partial charge in [0.1, 0.15) is 28.4 Å². The van der Waals surface area contributed by atoms with Crippen molar-refractivity contribution < 1.29 is 22.7 Å². The van der Waals surface area contributed by atoms with Crippen molar-refractivity contribution in [3.8, 4) is 17.2 Å². The lowest BCUT2D eigenvalue weighted by atomic mass is 10.1. The van der Waals surface area contributed by atoms with Gasteiger partial charge in [0.05, 0.1) is 27.0 Å². The predicted octanol–water partition coefficient (Wildman–Crippen LogP) is 6.99. The molecule has 8 nitrogen and oxygen atoms in total. The first-order valence-corrected chi connectivity index (χ1v) is 12.8. The van der Waals surface area contributed by atoms with Crippen LogP contribution in [-0.4, -0.2) is 25.0 Å². The molecular weight excluding hydrogens is 571 g/mol. The summed E-state index contributed by atoms with van der Waals surface area (Å²) in [4.78, 5) is 35.1. The van der Waals surface area contributed by atoms with E-state index in [2.05, 4.69) is 15.3 Å². The third kappa shape index (κ3) is 4.94. The zero-order valence-corrected chi connectivity index (χ0v) is 22.4. The van der Waals surface area contributed by atoms with E-state index in [0.29, 0.717) is 17.2 Å². The summed E-state index contributed by atoms with van der Waals surface area (Å²) in [6.45, 7) is 0. The molecule has 6 aromatic rings. The number of amides is 1. The average Bonchev–Trinajstić information content (AvgIpc) is 3.35. The molecule has 0 aliphatic carbocycles. The van der Waals surface area contributed by atoms with E-state index < -0.39 is 23.1 Å². The molecule has 0 aliphatic heterocycles. The van der Waals surface area contributed by atoms with Gasteiger partial charge in [-0.25, -0.2) is 9.97 Å². The van der Waals surface area contributed by atoms with Crippen molar-refractivity contribution in [2.45, 2.75) is 6.18 Å². The highest BCUT2D eigenvalue weighted by molar-refractivity contribution is 6.32. The van der Waals surface area contributed by atoms with Crippen LogP contribution >= 0.6 is 11.6 Å². The Balaban J connectivity index is 1.31. The first kappa shape index (κ1) is 27.0. The molecule has 4 heterocycles. The smallest absolute Gasteiger partial charge is 0.416 e. The molecule has 0 saturated heterocycles. The molecule has 0 radical (unpaired) electrons. The lowest BCUT2D eigenvalue weighted by Gasteiger charge is -2.15. The standard InChI is InChI=1S/C30H19ClF3N5O3/c1-38-14-11-20-25(10-13-36-27(20)38)42-19-7-5-18(6-8-19)37-29(41)22-16-39(28-21(26(22)40)3-2-12-35-28)24-9-4-17(15-23(24)31)30(32,33)34/h2-16H,1H3,(H,37,41). The van der Waals surface area contributed by atoms with E-state index in [1.165, 1.54) is 29.1 Å². The summed E-state index contributed by atoms with van der Waals surface area (Å²) in [5.41, 5.74) is -0.383. The normalized spacial score (nSPS) is 11.6. The maximum Gasteiger partial charge on any atom is 0.416 e. The molecule has 6 rings (SSSR count). The van der Waals surface area contributed by atoms with E-state index in [9.17, 15) is 22.8 Å². The zero-order chi connectivity index (χ0) is 29.6. The van der Waals surface area contributed by atoms with E-state index in [0.717, 1.165) is 29.2 Å². The molecular formula is C30H19ClF3N5O3. The van der Waals surface area contributed by atoms with Crippen LogP contribution in [0.4, 0.5) is 18.9 Å². The second kappa shape index (κ2) is 10.3. The monoisotopic (exact) mass is 589 g/mol. The van der Waals surface area contributed by atoms with Crippen molar-refractivity contribution in [3.05, 3.63) is 118 Å². The van der Waals surface area contributed by atoms with Gasteiger partial charge in [0, 0.05) is 37.5 Å². The molecule has 12 heteroatoms. The number of benzene rings is 2. The number of ether oxygens (including phenoxy) is 1. The van der Waals surface area contributed by atoms with Crippen LogP contribution in [0.15, 0.2) is 96.3 Å². The van der Waals surface area contributed by atoms with E-state index in [1.807, 2.05) is 23.9 Å². The lowest BCUT2D eigenvalue weighted by molar-refractivity contribution is -0.137. The van der Waals surface area contributed by atoms with Gasteiger partial charge >= 0.3 is 6.18 Å². The number of halogens is 4. The Bertz CT molecular complexity index is 2050. The second-order valence-electron chi connectivity index (χ2n) is 9.33. The minimum Gasteiger partial charge on any atom is -0.457 e. The van der Waals surface area contributed by atoms with Crippen LogP contribution in [0.2, 0.25) is 5.02 Å². The first-order chi connectivity index (χ1) is 20.1. The van der Waals surface area contributed by atoms with E-state index in [4.69, 9.17) is 16.3 Å². The van der Waals surface area contributed by atoms with E-state index in [-0.39, 0.29) is 27.3 Å². The Labute approximate surface area is 240 Å². The van der Waals surface area contributed by atoms with Gasteiger partial charge in [0.15, 0.2) is 0 Å². The molecule has 0 atom stereocenters. The molecule has 0 spiro atoms. The Morgan fingerprint density at radius 2 is 1.71 bits per heavy atom. The summed E-state index contributed by atoms with van der Waals surface area (Å²) in [7, 11) is 1.88. The summed E-state index contributed by atoms with van der Waals surface area (Å²) in [6, 6.07) is 16.0. The van der Waals surface area contributed by atoms with E-state index >= 15 is 0 Å². The number of pyridine rings is 3. The number of nitrogens with zero attached hydrogens (tertiary/aromatic N) is 4. The number of carbonyl (C=O) groups excluding carboxylic acids is 1. The van der Waals surface area contributed by atoms with E-state index in [1.54, 1.807) is 36.5 Å². The second-order valence-corrected chi connectivity index (χ2v) is 9.74. The van der Waals surface area contributed by atoms with Crippen LogP contribution in [0.1, 0.15) is 15.9 Å². The van der Waals surface area contributed by atoms with Crippen molar-refractivity contribution in [3.63, 3.8) is 0 Å². The highest BCUT2D eigenvalue weighted by Gasteiger charge is 2.31. The lowest BCUT2D eigenvalue weighted by Crippen LogP contribution is -2.24. The SMILES string of the molecule is Cn1ccc2c(Oc3ccc(NC(=O)c4cn(-c5ccc(C(F)(F)F)cc5Cl)c5ncccc5c4=O)cc3)ccnc21. The molecule has 0 aliphatic rings. The minimum absolute atomic E-state index is 0.0921. The molecule has 4 aromatic heterocycles. The number of rotatable bonds is 5. The molecule has 210 valence electrons. The van der Waals surface area contributed by atoms with Gasteiger partial charge in [-0.05, 0) is 66.7 Å². The van der Waals surface area contributed by atoms with Gasteiger partial charge in [-0.15, -0.1) is 0 Å². The van der Waals surface area contributed by atoms with Crippen LogP contribution in [0, 0.1) is 0 Å². The number of carbonyl (C=O) groups is 1. The topological polar surface area (TPSA) is 91.0 Å². The fraction of sp³-hybridized carbons (Fsp3) is 0.0667. The molecule has 1 N–H and O–H groups in total. The summed E-state index contributed by atoms with van der Waals surface area (Å²) in [5.74, 6) is 0.404. The molecule has 2 aromatic carbocycles. The zero-order valence-electron chi connectivity index (χ0n) is 21.7. The van der Waals surface area contributed by atoms with Crippen LogP contribution in [0.5, 0.6) is 11.5 Å². The number of anilines is 1. The Morgan fingerprint density at radius 1 is 0.952 bits per heavy atom. The van der Waals surface area contributed by atoms with Crippen molar-refractivity contribution in [1.82, 2.24) is 19.1 Å². The fourth-order valence-electron chi connectivity index (χ4n) is 4.54. The number of aromatic nitrogens is 4. The molecule has 42 heavy (non-hydrogen) atoms. The van der Waals surface area contributed by atoms with Gasteiger partial charge in [-0.3, -0.25) is 14.2 Å². The quantitative estimate of drug-likeness (QED) is 0.234. The molecule has 0 bridgehead atoms. The number of hydrogen-bond acceptors (Lipinski definition) is 5. The molecule has 0 fully saturated rings. The summed E-state index contributed by atoms with van der Waals surface area (Å²) < 4.78 is 48.8. The summed E-state index contributed by atoms with van der Waals surface area (Å²) in [5, 5.41) is 3.39. The third-order valence-electron chi connectivity index (χ3n) is 6.61. The number of alkyl halides is 3. The predicted molar refractivity (Wildman–Crippen MR) is 153 cm³/mol. The average molecular weight is 590 g/mol. The summed E-state index contributed by atoms with van der Waals surface area (Å²) >= 11 is 6.23. The Kier molecular flexibility index (Phi) is 6.66. The minimum atomic E-state index is -4.59. The van der Waals surface area contributed by atoms with Crippen LogP contribution in [0.25, 0.3) is 27.8 Å². The number of hydrogen-bond donors (Lipinski definition) is 1. The number of nitrogens with one attached hydrogen (secondary N) is 1. The number of aryl methyl sites for hydroxylation is 1. The van der Waals surface area contributed by atoms with Crippen molar-refractivity contribution >= 4 is 45.3 Å². The van der Waals surface area contributed by atoms with Gasteiger partial charge in [-0.2, -0.15) is 13.2 Å². The number of fused-ring (bicyclic) bond motifs is 2. The molecule has 1 amide bonds. The molecule has 0 saturated carbocycles. The van der Waals surface area contributed by atoms with Crippen LogP contribution in [-0.2, 0) is 13.2 Å². The maximum absolute atomic E-state index is 13.3. The largest absolute Gasteiger partial charge is 0.457 e. The Morgan fingerprint density at radius 3 is 2.45 bits per heavy atom. The van der Waals surface area contributed by atoms with Gasteiger partial charge < -0.3 is 14.6 Å². The van der Waals surface area contributed by atoms with Crippen molar-refractivity contribution in [2.24, 2.45) is 7.05 Å². The van der Waals surface area contributed by atoms with Crippen molar-refractivity contribution in [1.29, 1.82) is 0 Å². The van der Waals surface area contributed by atoms with Gasteiger partial charge in [0.25, 0.3) is 5.91 Å². The van der Waals surface area contributed by atoms with Crippen LogP contribution < -0.4 is 15.5 Å². The fourth-order valence-corrected chi connectivity index (χ4v) is 4.82. The van der Waals surface area contributed by atoms with Gasteiger partial charge in [-0.1, -0.05) is 11.6 Å².